The van der Waals surface area contributed by atoms with Crippen LogP contribution in [0.15, 0.2) is 12.1 Å². The van der Waals surface area contributed by atoms with Gasteiger partial charge in [0.2, 0.25) is 0 Å². The number of ether oxygens (including phenoxy) is 3. The van der Waals surface area contributed by atoms with Crippen molar-refractivity contribution in [3.63, 3.8) is 0 Å². The van der Waals surface area contributed by atoms with Gasteiger partial charge in [0, 0.05) is 18.6 Å². The summed E-state index contributed by atoms with van der Waals surface area (Å²) in [6, 6.07) is 2.51. The van der Waals surface area contributed by atoms with Crippen LogP contribution in [0.1, 0.15) is 12.8 Å². The highest BCUT2D eigenvalue weighted by Gasteiger charge is 2.20. The summed E-state index contributed by atoms with van der Waals surface area (Å²) in [7, 11) is 0. The lowest BCUT2D eigenvalue weighted by atomic mass is 10.3. The Balaban J connectivity index is 1.97. The van der Waals surface area contributed by atoms with Crippen molar-refractivity contribution in [2.24, 2.45) is 0 Å². The number of hydrogen-bond acceptors (Lipinski definition) is 5. The first-order valence-corrected chi connectivity index (χ1v) is 6.83. The highest BCUT2D eigenvalue weighted by atomic mass is 35.5. The molecule has 0 aliphatic carbocycles. The highest BCUT2D eigenvalue weighted by molar-refractivity contribution is 6.42. The highest BCUT2D eigenvalue weighted by Crippen LogP contribution is 2.35. The van der Waals surface area contributed by atoms with Gasteiger partial charge in [-0.1, -0.05) is 23.2 Å². The summed E-state index contributed by atoms with van der Waals surface area (Å²) in [5, 5.41) is 11.2. The Morgan fingerprint density at radius 2 is 1.95 bits per heavy atom. The molecule has 0 aromatic heterocycles. The molecule has 1 aliphatic heterocycles. The molecule has 0 bridgehead atoms. The van der Waals surface area contributed by atoms with Crippen LogP contribution < -0.4 is 4.74 Å². The average molecular weight is 322 g/mol. The third kappa shape index (κ3) is 3.96. The van der Waals surface area contributed by atoms with Crippen molar-refractivity contribution in [2.45, 2.75) is 19.1 Å². The van der Waals surface area contributed by atoms with E-state index in [1.54, 1.807) is 0 Å². The molecular weight excluding hydrogens is 309 g/mol. The van der Waals surface area contributed by atoms with E-state index in [1.165, 1.54) is 12.1 Å². The number of benzene rings is 1. The summed E-state index contributed by atoms with van der Waals surface area (Å²) >= 11 is 11.6. The number of nitrogens with zero attached hydrogens (tertiary/aromatic N) is 1. The Morgan fingerprint density at radius 1 is 1.30 bits per heavy atom. The fraction of sp³-hybridized carbons (Fsp3) is 0.500. The maximum Gasteiger partial charge on any atom is 0.312 e. The van der Waals surface area contributed by atoms with E-state index in [0.717, 1.165) is 6.42 Å². The molecule has 2 rings (SSSR count). The Labute approximate surface area is 125 Å². The van der Waals surface area contributed by atoms with Gasteiger partial charge in [0.15, 0.2) is 12.0 Å². The fourth-order valence-electron chi connectivity index (χ4n) is 1.74. The second-order valence-electron chi connectivity index (χ2n) is 4.15. The quantitative estimate of drug-likeness (QED) is 0.613. The molecule has 1 heterocycles. The standard InChI is InChI=1S/C12H13Cl2NO5/c13-8-6-10(15(16)17)11(7-9(8)14)18-5-2-12-19-3-1-4-20-12/h6-7,12H,1-5H2. The summed E-state index contributed by atoms with van der Waals surface area (Å²) in [5.41, 5.74) is -0.218. The third-order valence-electron chi connectivity index (χ3n) is 2.71. The van der Waals surface area contributed by atoms with Crippen LogP contribution in [0.5, 0.6) is 5.75 Å². The van der Waals surface area contributed by atoms with E-state index in [-0.39, 0.29) is 34.4 Å². The molecule has 20 heavy (non-hydrogen) atoms. The number of halogens is 2. The zero-order valence-electron chi connectivity index (χ0n) is 10.5. The Morgan fingerprint density at radius 3 is 2.60 bits per heavy atom. The van der Waals surface area contributed by atoms with Crippen LogP contribution in [-0.2, 0) is 9.47 Å². The Hall–Kier alpha value is -1.08. The summed E-state index contributed by atoms with van der Waals surface area (Å²) in [6.07, 6.45) is 1.03. The molecule has 6 nitrogen and oxygen atoms in total. The molecule has 0 saturated carbocycles. The van der Waals surface area contributed by atoms with Gasteiger partial charge >= 0.3 is 5.69 Å². The summed E-state index contributed by atoms with van der Waals surface area (Å²) < 4.78 is 16.1. The van der Waals surface area contributed by atoms with Crippen LogP contribution in [0.2, 0.25) is 10.0 Å². The predicted octanol–water partition coefficient (Wildman–Crippen LogP) is 3.43. The molecule has 0 amide bonds. The first-order chi connectivity index (χ1) is 9.58. The Kier molecular flexibility index (Phi) is 5.42. The lowest BCUT2D eigenvalue weighted by Crippen LogP contribution is -2.26. The maximum absolute atomic E-state index is 10.9. The molecule has 1 saturated heterocycles. The van der Waals surface area contributed by atoms with Crippen LogP contribution in [0, 0.1) is 10.1 Å². The van der Waals surface area contributed by atoms with Gasteiger partial charge in [-0.25, -0.2) is 0 Å². The van der Waals surface area contributed by atoms with Crippen molar-refractivity contribution < 1.29 is 19.1 Å². The molecule has 1 aromatic carbocycles. The molecule has 0 spiro atoms. The van der Waals surface area contributed by atoms with Gasteiger partial charge < -0.3 is 14.2 Å². The second-order valence-corrected chi connectivity index (χ2v) is 4.97. The van der Waals surface area contributed by atoms with E-state index < -0.39 is 4.92 Å². The number of hydrogen-bond donors (Lipinski definition) is 0. The normalized spacial score (nSPS) is 16.1. The summed E-state index contributed by atoms with van der Waals surface area (Å²) in [5.74, 6) is 0.0835. The van der Waals surface area contributed by atoms with E-state index in [1.807, 2.05) is 0 Å². The summed E-state index contributed by atoms with van der Waals surface area (Å²) in [6.45, 7) is 1.53. The molecule has 1 fully saturated rings. The minimum Gasteiger partial charge on any atom is -0.487 e. The van der Waals surface area contributed by atoms with Crippen LogP contribution in [0.4, 0.5) is 5.69 Å². The molecule has 0 unspecified atom stereocenters. The van der Waals surface area contributed by atoms with Crippen LogP contribution in [-0.4, -0.2) is 31.0 Å². The van der Waals surface area contributed by atoms with Gasteiger partial charge in [0.1, 0.15) is 0 Å². The van der Waals surface area contributed by atoms with E-state index in [9.17, 15) is 10.1 Å². The van der Waals surface area contributed by atoms with Crippen molar-refractivity contribution >= 4 is 28.9 Å². The lowest BCUT2D eigenvalue weighted by molar-refractivity contribution is -0.385. The van der Waals surface area contributed by atoms with Crippen LogP contribution in [0.3, 0.4) is 0 Å². The first kappa shape index (κ1) is 15.3. The predicted molar refractivity (Wildman–Crippen MR) is 73.5 cm³/mol. The second kappa shape index (κ2) is 7.08. The van der Waals surface area contributed by atoms with Crippen molar-refractivity contribution in [1.82, 2.24) is 0 Å². The minimum atomic E-state index is -0.564. The molecule has 1 aromatic rings. The van der Waals surface area contributed by atoms with Crippen molar-refractivity contribution in [3.05, 3.63) is 32.3 Å². The number of nitro benzene ring substituents is 1. The SMILES string of the molecule is O=[N+]([O-])c1cc(Cl)c(Cl)cc1OCCC1OCCCO1. The summed E-state index contributed by atoms with van der Waals surface area (Å²) in [4.78, 5) is 10.4. The van der Waals surface area contributed by atoms with E-state index >= 15 is 0 Å². The van der Waals surface area contributed by atoms with E-state index in [4.69, 9.17) is 37.4 Å². The van der Waals surface area contributed by atoms with Crippen LogP contribution in [0.25, 0.3) is 0 Å². The van der Waals surface area contributed by atoms with Gasteiger partial charge in [-0.05, 0) is 6.42 Å². The number of rotatable bonds is 5. The number of nitro groups is 1. The lowest BCUT2D eigenvalue weighted by Gasteiger charge is -2.23. The zero-order valence-corrected chi connectivity index (χ0v) is 12.0. The van der Waals surface area contributed by atoms with Gasteiger partial charge in [0.25, 0.3) is 0 Å². The first-order valence-electron chi connectivity index (χ1n) is 6.07. The Bertz CT molecular complexity index is 491. The molecule has 1 aliphatic rings. The van der Waals surface area contributed by atoms with Crippen LogP contribution >= 0.6 is 23.2 Å². The fourth-order valence-corrected chi connectivity index (χ4v) is 2.06. The zero-order chi connectivity index (χ0) is 14.5. The molecule has 8 heteroatoms. The van der Waals surface area contributed by atoms with Crippen molar-refractivity contribution in [2.75, 3.05) is 19.8 Å². The van der Waals surface area contributed by atoms with Crippen molar-refractivity contribution in [3.8, 4) is 5.75 Å². The van der Waals surface area contributed by atoms with Crippen molar-refractivity contribution in [1.29, 1.82) is 0 Å². The molecule has 0 radical (unpaired) electrons. The third-order valence-corrected chi connectivity index (χ3v) is 3.43. The molecule has 110 valence electrons. The molecular formula is C12H13Cl2NO5. The van der Waals surface area contributed by atoms with E-state index in [2.05, 4.69) is 0 Å². The smallest absolute Gasteiger partial charge is 0.312 e. The largest absolute Gasteiger partial charge is 0.487 e. The van der Waals surface area contributed by atoms with Gasteiger partial charge in [-0.15, -0.1) is 0 Å². The van der Waals surface area contributed by atoms with E-state index in [0.29, 0.717) is 19.6 Å². The topological polar surface area (TPSA) is 70.8 Å². The maximum atomic E-state index is 10.9. The minimum absolute atomic E-state index is 0.0835. The van der Waals surface area contributed by atoms with Gasteiger partial charge in [-0.3, -0.25) is 10.1 Å². The van der Waals surface area contributed by atoms with Gasteiger partial charge in [0.05, 0.1) is 34.8 Å². The molecule has 0 N–H and O–H groups in total. The van der Waals surface area contributed by atoms with Gasteiger partial charge in [-0.2, -0.15) is 0 Å². The molecule has 0 atom stereocenters. The average Bonchev–Trinajstić information content (AvgIpc) is 2.43. The monoisotopic (exact) mass is 321 g/mol.